The molecule has 5 rings (SSSR count). The summed E-state index contributed by atoms with van der Waals surface area (Å²) in [4.78, 5) is 30.1. The van der Waals surface area contributed by atoms with E-state index in [2.05, 4.69) is 5.32 Å². The summed E-state index contributed by atoms with van der Waals surface area (Å²) in [5.41, 5.74) is 0.574. The maximum Gasteiger partial charge on any atom is 0.256 e. The first kappa shape index (κ1) is 21.2. The second-order valence-corrected chi connectivity index (χ2v) is 9.96. The zero-order chi connectivity index (χ0) is 22.1. The second-order valence-electron chi connectivity index (χ2n) is 8.95. The number of carbonyl (C=O) groups is 2. The van der Waals surface area contributed by atoms with Crippen LogP contribution in [0.25, 0.3) is 0 Å². The SMILES string of the molecule is CC1(C(=O)NC2CCCCC2)CSc2ccccc2C(=O)N1Cc1ccc2c(c1)OCO2. The van der Waals surface area contributed by atoms with E-state index >= 15 is 0 Å². The molecule has 1 saturated carbocycles. The van der Waals surface area contributed by atoms with Gasteiger partial charge in [-0.3, -0.25) is 9.59 Å². The lowest BCUT2D eigenvalue weighted by Gasteiger charge is -2.40. The van der Waals surface area contributed by atoms with Crippen LogP contribution in [-0.4, -0.2) is 40.8 Å². The largest absolute Gasteiger partial charge is 0.454 e. The zero-order valence-electron chi connectivity index (χ0n) is 18.3. The molecule has 6 nitrogen and oxygen atoms in total. The first-order valence-corrected chi connectivity index (χ1v) is 12.3. The lowest BCUT2D eigenvalue weighted by Crippen LogP contribution is -2.61. The van der Waals surface area contributed by atoms with Crippen molar-refractivity contribution in [3.05, 3.63) is 53.6 Å². The summed E-state index contributed by atoms with van der Waals surface area (Å²) in [6, 6.07) is 13.5. The van der Waals surface area contributed by atoms with Crippen molar-refractivity contribution < 1.29 is 19.1 Å². The van der Waals surface area contributed by atoms with Crippen molar-refractivity contribution in [1.29, 1.82) is 0 Å². The van der Waals surface area contributed by atoms with E-state index in [1.54, 1.807) is 16.7 Å². The molecule has 2 aromatic rings. The summed E-state index contributed by atoms with van der Waals surface area (Å²) in [6.07, 6.45) is 5.52. The maximum atomic E-state index is 13.8. The number of hydrogen-bond acceptors (Lipinski definition) is 5. The zero-order valence-corrected chi connectivity index (χ0v) is 19.1. The molecular weight excluding hydrogens is 424 g/mol. The Bertz CT molecular complexity index is 1040. The molecule has 168 valence electrons. The van der Waals surface area contributed by atoms with Crippen LogP contribution in [0, 0.1) is 0 Å². The highest BCUT2D eigenvalue weighted by molar-refractivity contribution is 7.99. The number of nitrogens with one attached hydrogen (secondary N) is 1. The average Bonchev–Trinajstić information content (AvgIpc) is 3.25. The highest BCUT2D eigenvalue weighted by atomic mass is 32.2. The number of benzene rings is 2. The van der Waals surface area contributed by atoms with Gasteiger partial charge in [-0.25, -0.2) is 0 Å². The van der Waals surface area contributed by atoms with E-state index in [0.29, 0.717) is 29.4 Å². The van der Waals surface area contributed by atoms with Crippen molar-refractivity contribution in [1.82, 2.24) is 10.2 Å². The standard InChI is InChI=1S/C25H28N2O4S/c1-25(24(29)26-18-7-3-2-4-8-18)15-32-22-10-6-5-9-19(22)23(28)27(25)14-17-11-12-20-21(13-17)31-16-30-20/h5-6,9-13,18H,2-4,7-8,14-16H2,1H3,(H,26,29). The fourth-order valence-electron chi connectivity index (χ4n) is 4.68. The van der Waals surface area contributed by atoms with Crippen LogP contribution in [0.4, 0.5) is 0 Å². The second kappa shape index (κ2) is 8.70. The molecular formula is C25H28N2O4S. The summed E-state index contributed by atoms with van der Waals surface area (Å²) in [6.45, 7) is 2.42. The molecule has 1 aliphatic carbocycles. The number of rotatable bonds is 4. The monoisotopic (exact) mass is 452 g/mol. The Morgan fingerprint density at radius 3 is 2.75 bits per heavy atom. The van der Waals surface area contributed by atoms with Crippen LogP contribution in [0.3, 0.4) is 0 Å². The Morgan fingerprint density at radius 2 is 1.91 bits per heavy atom. The maximum absolute atomic E-state index is 13.8. The quantitative estimate of drug-likeness (QED) is 0.746. The smallest absolute Gasteiger partial charge is 0.256 e. The van der Waals surface area contributed by atoms with Gasteiger partial charge in [0.25, 0.3) is 5.91 Å². The Balaban J connectivity index is 1.48. The number of ether oxygens (including phenoxy) is 2. The van der Waals surface area contributed by atoms with Gasteiger partial charge in [0, 0.05) is 23.2 Å². The third kappa shape index (κ3) is 3.94. The Labute approximate surface area is 192 Å². The van der Waals surface area contributed by atoms with Crippen molar-refractivity contribution in [3.8, 4) is 11.5 Å². The summed E-state index contributed by atoms with van der Waals surface area (Å²) < 4.78 is 11.0. The number of amides is 2. The molecule has 1 unspecified atom stereocenters. The van der Waals surface area contributed by atoms with Crippen LogP contribution in [0.15, 0.2) is 47.4 Å². The van der Waals surface area contributed by atoms with Crippen LogP contribution in [-0.2, 0) is 11.3 Å². The average molecular weight is 453 g/mol. The molecule has 1 N–H and O–H groups in total. The van der Waals surface area contributed by atoms with Crippen molar-refractivity contribution in [3.63, 3.8) is 0 Å². The highest BCUT2D eigenvalue weighted by Gasteiger charge is 2.45. The predicted molar refractivity (Wildman–Crippen MR) is 123 cm³/mol. The Morgan fingerprint density at radius 1 is 1.12 bits per heavy atom. The van der Waals surface area contributed by atoms with Gasteiger partial charge >= 0.3 is 0 Å². The minimum Gasteiger partial charge on any atom is -0.454 e. The molecule has 2 aromatic carbocycles. The third-order valence-electron chi connectivity index (χ3n) is 6.67. The molecule has 0 saturated heterocycles. The first-order chi connectivity index (χ1) is 15.5. The summed E-state index contributed by atoms with van der Waals surface area (Å²) >= 11 is 1.58. The molecule has 0 spiro atoms. The van der Waals surface area contributed by atoms with Crippen molar-refractivity contribution >= 4 is 23.6 Å². The summed E-state index contributed by atoms with van der Waals surface area (Å²) in [7, 11) is 0. The van der Waals surface area contributed by atoms with Crippen LogP contribution < -0.4 is 14.8 Å². The van der Waals surface area contributed by atoms with E-state index in [9.17, 15) is 9.59 Å². The first-order valence-electron chi connectivity index (χ1n) is 11.3. The minimum atomic E-state index is -0.978. The lowest BCUT2D eigenvalue weighted by atomic mass is 9.93. The van der Waals surface area contributed by atoms with E-state index in [4.69, 9.17) is 9.47 Å². The van der Waals surface area contributed by atoms with Crippen molar-refractivity contribution in [2.24, 2.45) is 0 Å². The predicted octanol–water partition coefficient (Wildman–Crippen LogP) is 4.37. The number of thioether (sulfide) groups is 1. The van der Waals surface area contributed by atoms with E-state index in [-0.39, 0.29) is 24.6 Å². The van der Waals surface area contributed by atoms with Crippen molar-refractivity contribution in [2.45, 2.75) is 62.0 Å². The highest BCUT2D eigenvalue weighted by Crippen LogP contribution is 2.38. The van der Waals surface area contributed by atoms with E-state index in [1.165, 1.54) is 6.42 Å². The normalized spacial score (nSPS) is 22.9. The molecule has 2 aliphatic heterocycles. The van der Waals surface area contributed by atoms with Crippen LogP contribution in [0.5, 0.6) is 11.5 Å². The molecule has 3 aliphatic rings. The van der Waals surface area contributed by atoms with Gasteiger partial charge in [-0.1, -0.05) is 37.5 Å². The summed E-state index contributed by atoms with van der Waals surface area (Å²) in [5.74, 6) is 1.68. The van der Waals surface area contributed by atoms with Gasteiger partial charge in [0.2, 0.25) is 12.7 Å². The summed E-state index contributed by atoms with van der Waals surface area (Å²) in [5, 5.41) is 3.27. The number of carbonyl (C=O) groups excluding carboxylic acids is 2. The number of nitrogens with zero attached hydrogens (tertiary/aromatic N) is 1. The molecule has 0 aromatic heterocycles. The Hall–Kier alpha value is -2.67. The van der Waals surface area contributed by atoms with Gasteiger partial charge in [0.05, 0.1) is 5.56 Å². The van der Waals surface area contributed by atoms with E-state index < -0.39 is 5.54 Å². The molecule has 1 fully saturated rings. The number of hydrogen-bond donors (Lipinski definition) is 1. The molecule has 7 heteroatoms. The van der Waals surface area contributed by atoms with Crippen LogP contribution >= 0.6 is 11.8 Å². The fraction of sp³-hybridized carbons (Fsp3) is 0.440. The molecule has 2 heterocycles. The van der Waals surface area contributed by atoms with Gasteiger partial charge in [-0.2, -0.15) is 0 Å². The third-order valence-corrected chi connectivity index (χ3v) is 8.05. The van der Waals surface area contributed by atoms with E-state index in [0.717, 1.165) is 36.1 Å². The van der Waals surface area contributed by atoms with Crippen LogP contribution in [0.1, 0.15) is 54.9 Å². The van der Waals surface area contributed by atoms with Gasteiger partial charge in [-0.15, -0.1) is 11.8 Å². The van der Waals surface area contributed by atoms with Gasteiger partial charge in [0.1, 0.15) is 5.54 Å². The lowest BCUT2D eigenvalue weighted by molar-refractivity contribution is -0.131. The number of fused-ring (bicyclic) bond motifs is 2. The molecule has 0 radical (unpaired) electrons. The molecule has 1 atom stereocenters. The molecule has 2 amide bonds. The van der Waals surface area contributed by atoms with Gasteiger partial charge in [-0.05, 0) is 49.6 Å². The van der Waals surface area contributed by atoms with E-state index in [1.807, 2.05) is 49.4 Å². The fourth-order valence-corrected chi connectivity index (χ4v) is 5.89. The van der Waals surface area contributed by atoms with Gasteiger partial charge < -0.3 is 19.7 Å². The van der Waals surface area contributed by atoms with Crippen molar-refractivity contribution in [2.75, 3.05) is 12.5 Å². The topological polar surface area (TPSA) is 67.9 Å². The minimum absolute atomic E-state index is 0.0706. The van der Waals surface area contributed by atoms with Gasteiger partial charge in [0.15, 0.2) is 11.5 Å². The molecule has 0 bridgehead atoms. The van der Waals surface area contributed by atoms with Crippen LogP contribution in [0.2, 0.25) is 0 Å². The molecule has 32 heavy (non-hydrogen) atoms. The Kier molecular flexibility index (Phi) is 5.76.